The Labute approximate surface area is 116 Å². The third kappa shape index (κ3) is 4.49. The Hall–Kier alpha value is -2.18. The molecule has 110 valence electrons. The fraction of sp³-hybridized carbons (Fsp3) is 0.538. The second-order valence-electron chi connectivity index (χ2n) is 5.41. The molecule has 0 saturated carbocycles. The number of carbonyl (C=O) groups is 2. The molecule has 0 atom stereocenters. The Morgan fingerprint density at radius 1 is 1.35 bits per heavy atom. The van der Waals surface area contributed by atoms with Crippen molar-refractivity contribution in [2.24, 2.45) is 0 Å². The highest BCUT2D eigenvalue weighted by atomic mass is 16.4. The summed E-state index contributed by atoms with van der Waals surface area (Å²) < 4.78 is 0. The zero-order valence-electron chi connectivity index (χ0n) is 12.0. The monoisotopic (exact) mass is 281 g/mol. The van der Waals surface area contributed by atoms with Gasteiger partial charge in [0.1, 0.15) is 0 Å². The van der Waals surface area contributed by atoms with Crippen LogP contribution in [0.25, 0.3) is 0 Å². The number of hydrogen-bond acceptors (Lipinski definition) is 4. The molecule has 1 aromatic heterocycles. The Morgan fingerprint density at radius 2 is 1.95 bits per heavy atom. The maximum atomic E-state index is 12.0. The maximum Gasteiger partial charge on any atom is 0.345 e. The van der Waals surface area contributed by atoms with E-state index in [1.807, 2.05) is 0 Å². The highest BCUT2D eigenvalue weighted by Gasteiger charge is 2.24. The first-order chi connectivity index (χ1) is 9.10. The highest BCUT2D eigenvalue weighted by Crippen LogP contribution is 2.11. The summed E-state index contributed by atoms with van der Waals surface area (Å²) in [5, 5.41) is 11.4. The van der Waals surface area contributed by atoms with E-state index in [-0.39, 0.29) is 18.7 Å². The fourth-order valence-corrected chi connectivity index (χ4v) is 2.02. The minimum atomic E-state index is -0.978. The minimum Gasteiger partial charge on any atom is -0.481 e. The first-order valence-electron chi connectivity index (χ1n) is 6.20. The van der Waals surface area contributed by atoms with E-state index < -0.39 is 17.2 Å². The summed E-state index contributed by atoms with van der Waals surface area (Å²) in [6.45, 7) is 6.64. The van der Waals surface area contributed by atoms with Crippen LogP contribution in [0, 0.1) is 13.8 Å². The molecule has 0 fully saturated rings. The van der Waals surface area contributed by atoms with Crippen molar-refractivity contribution >= 4 is 11.9 Å². The third-order valence-electron chi connectivity index (χ3n) is 2.86. The quantitative estimate of drug-likeness (QED) is 0.718. The van der Waals surface area contributed by atoms with Gasteiger partial charge in [-0.2, -0.15) is 4.98 Å². The van der Waals surface area contributed by atoms with Gasteiger partial charge in [0, 0.05) is 22.5 Å². The van der Waals surface area contributed by atoms with Crippen LogP contribution in [-0.2, 0) is 16.0 Å². The SMILES string of the molecule is Cc1nc(=O)[nH]c(C)c1CC(=O)NC(C)(C)CC(=O)O. The number of rotatable bonds is 5. The number of carboxylic acid groups (broad SMARTS) is 1. The summed E-state index contributed by atoms with van der Waals surface area (Å²) in [5.41, 5.74) is 0.454. The van der Waals surface area contributed by atoms with Crippen molar-refractivity contribution in [2.75, 3.05) is 0 Å². The zero-order valence-corrected chi connectivity index (χ0v) is 12.0. The van der Waals surface area contributed by atoms with Gasteiger partial charge in [-0.25, -0.2) is 4.79 Å². The Morgan fingerprint density at radius 3 is 2.45 bits per heavy atom. The molecule has 0 aliphatic rings. The van der Waals surface area contributed by atoms with Crippen molar-refractivity contribution in [3.8, 4) is 0 Å². The first-order valence-corrected chi connectivity index (χ1v) is 6.20. The lowest BCUT2D eigenvalue weighted by Crippen LogP contribution is -2.45. The van der Waals surface area contributed by atoms with Gasteiger partial charge >= 0.3 is 11.7 Å². The van der Waals surface area contributed by atoms with Crippen molar-refractivity contribution in [1.82, 2.24) is 15.3 Å². The van der Waals surface area contributed by atoms with E-state index in [1.54, 1.807) is 27.7 Å². The summed E-state index contributed by atoms with van der Waals surface area (Å²) in [5.74, 6) is -1.29. The number of aryl methyl sites for hydroxylation is 2. The van der Waals surface area contributed by atoms with E-state index in [0.29, 0.717) is 17.0 Å². The number of hydrogen-bond donors (Lipinski definition) is 3. The number of amides is 1. The van der Waals surface area contributed by atoms with Gasteiger partial charge in [-0.15, -0.1) is 0 Å². The lowest BCUT2D eigenvalue weighted by molar-refractivity contribution is -0.138. The number of nitrogens with one attached hydrogen (secondary N) is 2. The predicted molar refractivity (Wildman–Crippen MR) is 72.5 cm³/mol. The molecule has 0 aliphatic carbocycles. The number of carboxylic acids is 1. The molecule has 20 heavy (non-hydrogen) atoms. The van der Waals surface area contributed by atoms with Gasteiger partial charge in [-0.3, -0.25) is 9.59 Å². The molecule has 1 rings (SSSR count). The van der Waals surface area contributed by atoms with Crippen molar-refractivity contribution in [3.63, 3.8) is 0 Å². The molecular weight excluding hydrogens is 262 g/mol. The summed E-state index contributed by atoms with van der Waals surface area (Å²) in [4.78, 5) is 40.1. The van der Waals surface area contributed by atoms with Crippen LogP contribution in [0.3, 0.4) is 0 Å². The van der Waals surface area contributed by atoms with Crippen LogP contribution in [0.15, 0.2) is 4.79 Å². The number of nitrogens with zero attached hydrogens (tertiary/aromatic N) is 1. The molecule has 0 aromatic carbocycles. The van der Waals surface area contributed by atoms with Crippen molar-refractivity contribution in [2.45, 2.75) is 46.1 Å². The van der Waals surface area contributed by atoms with Crippen LogP contribution in [0.4, 0.5) is 0 Å². The standard InChI is InChI=1S/C13H19N3O4/c1-7-9(8(2)15-12(20)14-7)5-10(17)16-13(3,4)6-11(18)19/h5-6H2,1-4H3,(H,16,17)(H,18,19)(H,14,15,20). The number of aromatic nitrogens is 2. The number of aliphatic carboxylic acids is 1. The van der Waals surface area contributed by atoms with E-state index in [4.69, 9.17) is 5.11 Å². The van der Waals surface area contributed by atoms with E-state index in [9.17, 15) is 14.4 Å². The molecule has 0 saturated heterocycles. The zero-order chi connectivity index (χ0) is 15.5. The van der Waals surface area contributed by atoms with Gasteiger partial charge in [0.15, 0.2) is 0 Å². The second kappa shape index (κ2) is 5.85. The molecule has 7 nitrogen and oxygen atoms in total. The molecule has 0 aliphatic heterocycles. The normalized spacial score (nSPS) is 11.2. The van der Waals surface area contributed by atoms with E-state index >= 15 is 0 Å². The Balaban J connectivity index is 2.82. The van der Waals surface area contributed by atoms with Crippen LogP contribution in [0.5, 0.6) is 0 Å². The lowest BCUT2D eigenvalue weighted by atomic mass is 10.00. The highest BCUT2D eigenvalue weighted by molar-refractivity contribution is 5.80. The molecule has 0 unspecified atom stereocenters. The van der Waals surface area contributed by atoms with Crippen LogP contribution in [0.2, 0.25) is 0 Å². The minimum absolute atomic E-state index is 0.0461. The molecule has 1 aromatic rings. The summed E-state index contributed by atoms with van der Waals surface area (Å²) in [6.07, 6.45) is -0.120. The van der Waals surface area contributed by atoms with E-state index in [2.05, 4.69) is 15.3 Å². The number of carbonyl (C=O) groups excluding carboxylic acids is 1. The summed E-state index contributed by atoms with van der Waals surface area (Å²) >= 11 is 0. The molecular formula is C13H19N3O4. The maximum absolute atomic E-state index is 12.0. The van der Waals surface area contributed by atoms with Crippen LogP contribution < -0.4 is 11.0 Å². The first kappa shape index (κ1) is 15.9. The second-order valence-corrected chi connectivity index (χ2v) is 5.41. The molecule has 0 bridgehead atoms. The fourth-order valence-electron chi connectivity index (χ4n) is 2.02. The van der Waals surface area contributed by atoms with Gasteiger partial charge < -0.3 is 15.4 Å². The molecule has 0 spiro atoms. The van der Waals surface area contributed by atoms with Crippen molar-refractivity contribution in [1.29, 1.82) is 0 Å². The molecule has 1 heterocycles. The molecule has 7 heteroatoms. The molecule has 3 N–H and O–H groups in total. The summed E-state index contributed by atoms with van der Waals surface area (Å²) in [7, 11) is 0. The lowest BCUT2D eigenvalue weighted by Gasteiger charge is -2.24. The Bertz CT molecular complexity index is 564. The van der Waals surface area contributed by atoms with Crippen LogP contribution >= 0.6 is 0 Å². The van der Waals surface area contributed by atoms with Gasteiger partial charge in [0.05, 0.1) is 12.8 Å². The largest absolute Gasteiger partial charge is 0.481 e. The number of aromatic amines is 1. The molecule has 1 amide bonds. The van der Waals surface area contributed by atoms with Gasteiger partial charge in [0.2, 0.25) is 5.91 Å². The van der Waals surface area contributed by atoms with E-state index in [0.717, 1.165) is 0 Å². The van der Waals surface area contributed by atoms with Crippen molar-refractivity contribution in [3.05, 3.63) is 27.4 Å². The van der Waals surface area contributed by atoms with Gasteiger partial charge in [-0.05, 0) is 27.7 Å². The number of H-pyrrole nitrogens is 1. The van der Waals surface area contributed by atoms with Crippen molar-refractivity contribution < 1.29 is 14.7 Å². The average Bonchev–Trinajstić information content (AvgIpc) is 2.20. The van der Waals surface area contributed by atoms with Crippen LogP contribution in [-0.4, -0.2) is 32.5 Å². The molecule has 0 radical (unpaired) electrons. The Kier molecular flexibility index (Phi) is 4.65. The smallest absolute Gasteiger partial charge is 0.345 e. The topological polar surface area (TPSA) is 112 Å². The van der Waals surface area contributed by atoms with Crippen LogP contribution in [0.1, 0.15) is 37.2 Å². The summed E-state index contributed by atoms with van der Waals surface area (Å²) in [6, 6.07) is 0. The third-order valence-corrected chi connectivity index (χ3v) is 2.86. The van der Waals surface area contributed by atoms with Gasteiger partial charge in [-0.1, -0.05) is 0 Å². The predicted octanol–water partition coefficient (Wildman–Crippen LogP) is 0.299. The average molecular weight is 281 g/mol. The van der Waals surface area contributed by atoms with Gasteiger partial charge in [0.25, 0.3) is 0 Å². The van der Waals surface area contributed by atoms with E-state index in [1.165, 1.54) is 0 Å².